The van der Waals surface area contributed by atoms with Gasteiger partial charge in [-0.2, -0.15) is 0 Å². The first-order valence-electron chi connectivity index (χ1n) is 7.42. The minimum absolute atomic E-state index is 0. The van der Waals surface area contributed by atoms with Crippen LogP contribution < -0.4 is 11.1 Å². The summed E-state index contributed by atoms with van der Waals surface area (Å²) in [6, 6.07) is -0.0526. The van der Waals surface area contributed by atoms with E-state index in [1.54, 1.807) is 6.92 Å². The van der Waals surface area contributed by atoms with Gasteiger partial charge < -0.3 is 20.7 Å². The van der Waals surface area contributed by atoms with Crippen LogP contribution in [0, 0.1) is 5.92 Å². The van der Waals surface area contributed by atoms with Crippen LogP contribution in [0.1, 0.15) is 41.0 Å². The van der Waals surface area contributed by atoms with Crippen LogP contribution in [0.3, 0.4) is 0 Å². The highest BCUT2D eigenvalue weighted by Crippen LogP contribution is 2.06. The molecule has 0 aliphatic carbocycles. The van der Waals surface area contributed by atoms with Crippen LogP contribution in [0.25, 0.3) is 0 Å². The van der Waals surface area contributed by atoms with Crippen molar-refractivity contribution in [2.75, 3.05) is 26.2 Å². The lowest BCUT2D eigenvalue weighted by Crippen LogP contribution is -2.41. The third-order valence-corrected chi connectivity index (χ3v) is 2.91. The molecule has 1 unspecified atom stereocenters. The van der Waals surface area contributed by atoms with Crippen LogP contribution in [-0.4, -0.2) is 49.2 Å². The van der Waals surface area contributed by atoms with E-state index in [-0.39, 0.29) is 30.0 Å². The summed E-state index contributed by atoms with van der Waals surface area (Å²) in [5, 5.41) is 2.84. The van der Waals surface area contributed by atoms with Crippen LogP contribution in [0.15, 0.2) is 4.99 Å². The van der Waals surface area contributed by atoms with E-state index < -0.39 is 6.09 Å². The first-order valence-corrected chi connectivity index (χ1v) is 7.42. The summed E-state index contributed by atoms with van der Waals surface area (Å²) in [7, 11) is 0. The molecule has 1 atom stereocenters. The predicted octanol–water partition coefficient (Wildman–Crippen LogP) is 2.42. The molecule has 0 aromatic heterocycles. The SMILES string of the molecule is CCOC(=O)NC(CN=C(N)N(CC)CC)CC(C)C.I. The first kappa shape index (κ1) is 22.5. The molecule has 1 amide bonds. The third-order valence-electron chi connectivity index (χ3n) is 2.91. The van der Waals surface area contributed by atoms with Gasteiger partial charge in [-0.1, -0.05) is 13.8 Å². The lowest BCUT2D eigenvalue weighted by atomic mass is 10.0. The van der Waals surface area contributed by atoms with Crippen molar-refractivity contribution in [2.45, 2.75) is 47.1 Å². The molecule has 3 N–H and O–H groups in total. The van der Waals surface area contributed by atoms with Gasteiger partial charge in [-0.15, -0.1) is 24.0 Å². The average Bonchev–Trinajstić information content (AvgIpc) is 2.37. The number of amides is 1. The summed E-state index contributed by atoms with van der Waals surface area (Å²) in [6.45, 7) is 12.6. The topological polar surface area (TPSA) is 79.9 Å². The molecule has 0 rings (SSSR count). The highest BCUT2D eigenvalue weighted by Gasteiger charge is 2.15. The van der Waals surface area contributed by atoms with Crippen LogP contribution in [0.5, 0.6) is 0 Å². The van der Waals surface area contributed by atoms with Gasteiger partial charge in [0.25, 0.3) is 0 Å². The number of carbonyl (C=O) groups is 1. The van der Waals surface area contributed by atoms with Gasteiger partial charge in [-0.05, 0) is 33.1 Å². The van der Waals surface area contributed by atoms with Crippen molar-refractivity contribution in [3.8, 4) is 0 Å². The number of ether oxygens (including phenoxy) is 1. The Morgan fingerprint density at radius 2 is 1.86 bits per heavy atom. The summed E-state index contributed by atoms with van der Waals surface area (Å²) in [4.78, 5) is 17.9. The fourth-order valence-electron chi connectivity index (χ4n) is 1.94. The van der Waals surface area contributed by atoms with Gasteiger partial charge in [-0.25, -0.2) is 4.79 Å². The molecule has 0 aliphatic rings. The van der Waals surface area contributed by atoms with Gasteiger partial charge in [0.05, 0.1) is 19.2 Å². The monoisotopic (exact) mass is 414 g/mol. The van der Waals surface area contributed by atoms with E-state index in [2.05, 4.69) is 24.2 Å². The van der Waals surface area contributed by atoms with Crippen molar-refractivity contribution in [2.24, 2.45) is 16.6 Å². The molecule has 0 aliphatic heterocycles. The van der Waals surface area contributed by atoms with Crippen molar-refractivity contribution >= 4 is 36.0 Å². The molecule has 0 spiro atoms. The number of nitrogens with zero attached hydrogens (tertiary/aromatic N) is 2. The van der Waals surface area contributed by atoms with Gasteiger partial charge in [0.1, 0.15) is 0 Å². The van der Waals surface area contributed by atoms with Crippen LogP contribution in [0.4, 0.5) is 4.79 Å². The Balaban J connectivity index is 0. The van der Waals surface area contributed by atoms with Gasteiger partial charge in [0, 0.05) is 13.1 Å². The van der Waals surface area contributed by atoms with E-state index >= 15 is 0 Å². The van der Waals surface area contributed by atoms with E-state index in [9.17, 15) is 4.79 Å². The van der Waals surface area contributed by atoms with Crippen molar-refractivity contribution in [1.82, 2.24) is 10.2 Å². The zero-order valence-electron chi connectivity index (χ0n) is 13.9. The van der Waals surface area contributed by atoms with Crippen LogP contribution in [0.2, 0.25) is 0 Å². The van der Waals surface area contributed by atoms with Crippen molar-refractivity contribution < 1.29 is 9.53 Å². The molecule has 0 heterocycles. The largest absolute Gasteiger partial charge is 0.450 e. The molecule has 0 radical (unpaired) electrons. The van der Waals surface area contributed by atoms with E-state index in [0.717, 1.165) is 19.5 Å². The van der Waals surface area contributed by atoms with E-state index in [0.29, 0.717) is 25.0 Å². The number of carbonyl (C=O) groups excluding carboxylic acids is 1. The number of rotatable bonds is 8. The van der Waals surface area contributed by atoms with Crippen molar-refractivity contribution in [3.63, 3.8) is 0 Å². The van der Waals surface area contributed by atoms with Crippen molar-refractivity contribution in [3.05, 3.63) is 0 Å². The molecule has 0 bridgehead atoms. The average molecular weight is 414 g/mol. The van der Waals surface area contributed by atoms with Crippen molar-refractivity contribution in [1.29, 1.82) is 0 Å². The summed E-state index contributed by atoms with van der Waals surface area (Å²) in [5.41, 5.74) is 5.94. The summed E-state index contributed by atoms with van der Waals surface area (Å²) in [5.74, 6) is 0.987. The fraction of sp³-hybridized carbons (Fsp3) is 0.857. The Kier molecular flexibility index (Phi) is 13.9. The Hall–Kier alpha value is -0.730. The molecule has 21 heavy (non-hydrogen) atoms. The zero-order valence-corrected chi connectivity index (χ0v) is 16.2. The second-order valence-electron chi connectivity index (χ2n) is 5.06. The van der Waals surface area contributed by atoms with E-state index in [1.807, 2.05) is 18.7 Å². The molecular formula is C14H31IN4O2. The Bertz CT molecular complexity index is 307. The highest BCUT2D eigenvalue weighted by atomic mass is 127. The number of halogens is 1. The molecular weight excluding hydrogens is 383 g/mol. The lowest BCUT2D eigenvalue weighted by Gasteiger charge is -2.22. The summed E-state index contributed by atoms with van der Waals surface area (Å²) >= 11 is 0. The maximum Gasteiger partial charge on any atom is 0.407 e. The van der Waals surface area contributed by atoms with Crippen LogP contribution >= 0.6 is 24.0 Å². The van der Waals surface area contributed by atoms with Gasteiger partial charge in [0.2, 0.25) is 0 Å². The number of aliphatic imine (C=N–C) groups is 1. The van der Waals surface area contributed by atoms with Gasteiger partial charge in [0.15, 0.2) is 5.96 Å². The van der Waals surface area contributed by atoms with Gasteiger partial charge in [-0.3, -0.25) is 4.99 Å². The number of nitrogens with two attached hydrogens (primary N) is 1. The molecule has 126 valence electrons. The predicted molar refractivity (Wildman–Crippen MR) is 98.2 cm³/mol. The van der Waals surface area contributed by atoms with Crippen LogP contribution in [-0.2, 0) is 4.74 Å². The Labute approximate surface area is 145 Å². The lowest BCUT2D eigenvalue weighted by molar-refractivity contribution is 0.147. The fourth-order valence-corrected chi connectivity index (χ4v) is 1.94. The molecule has 6 nitrogen and oxygen atoms in total. The standard InChI is InChI=1S/C14H30N4O2.HI/c1-6-18(7-2)13(15)16-10-12(9-11(4)5)17-14(19)20-8-3;/h11-12H,6-10H2,1-5H3,(H2,15,16)(H,17,19);1H. The molecule has 0 aromatic carbocycles. The summed E-state index contributed by atoms with van der Waals surface area (Å²) in [6.07, 6.45) is 0.447. The quantitative estimate of drug-likeness (QED) is 0.363. The minimum Gasteiger partial charge on any atom is -0.450 e. The Morgan fingerprint density at radius 3 is 2.29 bits per heavy atom. The molecule has 0 fully saturated rings. The summed E-state index contributed by atoms with van der Waals surface area (Å²) < 4.78 is 4.91. The molecule has 0 saturated carbocycles. The second kappa shape index (κ2) is 13.0. The maximum absolute atomic E-state index is 11.5. The van der Waals surface area contributed by atoms with E-state index in [1.165, 1.54) is 0 Å². The maximum atomic E-state index is 11.5. The number of alkyl carbamates (subject to hydrolysis) is 1. The number of hydrogen-bond donors (Lipinski definition) is 2. The van der Waals surface area contributed by atoms with E-state index in [4.69, 9.17) is 10.5 Å². The normalized spacial score (nSPS) is 12.6. The molecule has 7 heteroatoms. The number of hydrogen-bond acceptors (Lipinski definition) is 3. The minimum atomic E-state index is -0.394. The second-order valence-corrected chi connectivity index (χ2v) is 5.06. The highest BCUT2D eigenvalue weighted by molar-refractivity contribution is 14.0. The Morgan fingerprint density at radius 1 is 1.29 bits per heavy atom. The number of nitrogens with one attached hydrogen (secondary N) is 1. The molecule has 0 aromatic rings. The smallest absolute Gasteiger partial charge is 0.407 e. The zero-order chi connectivity index (χ0) is 15.5. The third kappa shape index (κ3) is 10.6. The first-order chi connectivity index (χ1) is 9.44. The molecule has 0 saturated heterocycles. The van der Waals surface area contributed by atoms with Gasteiger partial charge >= 0.3 is 6.09 Å². The number of guanidine groups is 1.